The van der Waals surface area contributed by atoms with Gasteiger partial charge in [-0.2, -0.15) is 0 Å². The Morgan fingerprint density at radius 1 is 0.667 bits per heavy atom. The number of anilines is 2. The van der Waals surface area contributed by atoms with Crippen LogP contribution in [0.2, 0.25) is 10.0 Å². The van der Waals surface area contributed by atoms with Crippen LogP contribution in [0.3, 0.4) is 0 Å². The van der Waals surface area contributed by atoms with Crippen molar-refractivity contribution in [1.82, 2.24) is 10.6 Å². The van der Waals surface area contributed by atoms with Crippen LogP contribution in [0.15, 0.2) is 70.6 Å². The summed E-state index contributed by atoms with van der Waals surface area (Å²) in [5, 5.41) is 12.2. The van der Waals surface area contributed by atoms with Crippen LogP contribution in [0.25, 0.3) is 0 Å². The number of hydrogen-bond donors (Lipinski definition) is 4. The van der Waals surface area contributed by atoms with Crippen LogP contribution < -0.4 is 21.3 Å². The molecule has 0 radical (unpaired) electrons. The molecule has 10 heteroatoms. The molecule has 182 valence electrons. The first-order chi connectivity index (χ1) is 17.5. The lowest BCUT2D eigenvalue weighted by molar-refractivity contribution is 0.101. The zero-order valence-electron chi connectivity index (χ0n) is 19.1. The molecule has 0 aliphatic carbocycles. The van der Waals surface area contributed by atoms with Gasteiger partial charge in [0.15, 0.2) is 0 Å². The third-order valence-corrected chi connectivity index (χ3v) is 6.35. The molecule has 3 aromatic carbocycles. The van der Waals surface area contributed by atoms with Crippen molar-refractivity contribution in [3.8, 4) is 0 Å². The summed E-state index contributed by atoms with van der Waals surface area (Å²) in [5.74, 6) is 0.814. The smallest absolute Gasteiger partial charge is 0.257 e. The van der Waals surface area contributed by atoms with E-state index in [0.717, 1.165) is 49.0 Å². The summed E-state index contributed by atoms with van der Waals surface area (Å²) >= 11 is 12.7. The third-order valence-electron chi connectivity index (χ3n) is 5.73. The van der Waals surface area contributed by atoms with Gasteiger partial charge in [-0.25, -0.2) is 0 Å². The zero-order chi connectivity index (χ0) is 25.1. The summed E-state index contributed by atoms with van der Waals surface area (Å²) in [4.78, 5) is 34.4. The Bertz CT molecular complexity index is 1280. The number of amides is 2. The molecule has 0 unspecified atom stereocenters. The molecule has 0 saturated heterocycles. The standard InChI is InChI=1S/C26H22Cl2N6O2/c27-21-14-20(26(36)34-18-7-3-16(4-8-18)24-31-11-12-32-24)22(28)13-19(21)25(35)33-17-5-1-15(2-6-17)23-29-9-10-30-23/h1-8,13-14H,9-12H2,(H,29,30)(H,31,32)(H,33,35)(H,34,36). The molecule has 0 fully saturated rings. The SMILES string of the molecule is O=C(Nc1ccc(C2=NCCN2)cc1)c1cc(Cl)c(C(=O)Nc2ccc(C3=NCCN3)cc2)cc1Cl. The maximum atomic E-state index is 12.8. The van der Waals surface area contributed by atoms with Crippen molar-refractivity contribution in [1.29, 1.82) is 0 Å². The normalized spacial score (nSPS) is 14.4. The summed E-state index contributed by atoms with van der Waals surface area (Å²) in [6, 6.07) is 17.4. The summed E-state index contributed by atoms with van der Waals surface area (Å²) in [7, 11) is 0. The van der Waals surface area contributed by atoms with E-state index >= 15 is 0 Å². The molecule has 2 heterocycles. The Hall–Kier alpha value is -3.88. The molecular weight excluding hydrogens is 499 g/mol. The van der Waals surface area contributed by atoms with Gasteiger partial charge in [0.25, 0.3) is 11.8 Å². The minimum absolute atomic E-state index is 0.115. The van der Waals surface area contributed by atoms with Crippen LogP contribution in [-0.4, -0.2) is 49.7 Å². The lowest BCUT2D eigenvalue weighted by Crippen LogP contribution is -2.19. The molecule has 0 saturated carbocycles. The maximum Gasteiger partial charge on any atom is 0.257 e. The highest BCUT2D eigenvalue weighted by Gasteiger charge is 2.19. The van der Waals surface area contributed by atoms with Crippen molar-refractivity contribution in [2.24, 2.45) is 9.98 Å². The monoisotopic (exact) mass is 520 g/mol. The van der Waals surface area contributed by atoms with E-state index in [-0.39, 0.29) is 21.2 Å². The van der Waals surface area contributed by atoms with Crippen molar-refractivity contribution >= 4 is 58.1 Å². The van der Waals surface area contributed by atoms with E-state index in [1.54, 1.807) is 24.3 Å². The average molecular weight is 521 g/mol. The maximum absolute atomic E-state index is 12.8. The van der Waals surface area contributed by atoms with Gasteiger partial charge in [-0.05, 0) is 60.7 Å². The number of amidine groups is 2. The number of halogens is 2. The van der Waals surface area contributed by atoms with Crippen molar-refractivity contribution < 1.29 is 9.59 Å². The molecule has 0 bridgehead atoms. The molecule has 0 spiro atoms. The zero-order valence-corrected chi connectivity index (χ0v) is 20.6. The van der Waals surface area contributed by atoms with E-state index in [1.165, 1.54) is 12.1 Å². The number of rotatable bonds is 6. The fraction of sp³-hybridized carbons (Fsp3) is 0.154. The Balaban J connectivity index is 1.26. The highest BCUT2D eigenvalue weighted by Crippen LogP contribution is 2.27. The highest BCUT2D eigenvalue weighted by molar-refractivity contribution is 6.38. The summed E-state index contributed by atoms with van der Waals surface area (Å²) in [6.07, 6.45) is 0. The Morgan fingerprint density at radius 3 is 1.39 bits per heavy atom. The predicted octanol–water partition coefficient (Wildman–Crippen LogP) is 4.20. The van der Waals surface area contributed by atoms with Gasteiger partial charge >= 0.3 is 0 Å². The molecule has 5 rings (SSSR count). The quantitative estimate of drug-likeness (QED) is 0.390. The highest BCUT2D eigenvalue weighted by atomic mass is 35.5. The third kappa shape index (κ3) is 5.19. The Labute approximate surface area is 217 Å². The number of nitrogens with zero attached hydrogens (tertiary/aromatic N) is 2. The number of hydrogen-bond acceptors (Lipinski definition) is 6. The molecule has 36 heavy (non-hydrogen) atoms. The molecule has 0 aromatic heterocycles. The minimum Gasteiger partial charge on any atom is -0.368 e. The molecule has 2 amide bonds. The van der Waals surface area contributed by atoms with Crippen molar-refractivity contribution in [2.45, 2.75) is 0 Å². The van der Waals surface area contributed by atoms with Crippen LogP contribution in [0, 0.1) is 0 Å². The summed E-state index contributed by atoms with van der Waals surface area (Å²) in [6.45, 7) is 3.14. The van der Waals surface area contributed by atoms with Crippen molar-refractivity contribution in [3.05, 3.63) is 93.0 Å². The largest absolute Gasteiger partial charge is 0.368 e. The van der Waals surface area contributed by atoms with Crippen LogP contribution in [0.5, 0.6) is 0 Å². The lowest BCUT2D eigenvalue weighted by atomic mass is 10.1. The van der Waals surface area contributed by atoms with E-state index in [0.29, 0.717) is 11.4 Å². The topological polar surface area (TPSA) is 107 Å². The molecule has 2 aliphatic heterocycles. The van der Waals surface area contributed by atoms with E-state index < -0.39 is 11.8 Å². The first kappa shape index (κ1) is 23.8. The first-order valence-corrected chi connectivity index (χ1v) is 12.1. The minimum atomic E-state index is -0.433. The lowest BCUT2D eigenvalue weighted by Gasteiger charge is -2.12. The molecule has 2 aliphatic rings. The van der Waals surface area contributed by atoms with E-state index in [1.807, 2.05) is 24.3 Å². The van der Waals surface area contributed by atoms with Crippen LogP contribution >= 0.6 is 23.2 Å². The van der Waals surface area contributed by atoms with E-state index in [9.17, 15) is 9.59 Å². The van der Waals surface area contributed by atoms with E-state index in [4.69, 9.17) is 23.2 Å². The molecule has 4 N–H and O–H groups in total. The molecule has 8 nitrogen and oxygen atoms in total. The van der Waals surface area contributed by atoms with E-state index in [2.05, 4.69) is 31.3 Å². The predicted molar refractivity (Wildman–Crippen MR) is 144 cm³/mol. The number of carbonyl (C=O) groups is 2. The van der Waals surface area contributed by atoms with Gasteiger partial charge in [0.1, 0.15) is 11.7 Å². The number of carbonyl (C=O) groups excluding carboxylic acids is 2. The average Bonchev–Trinajstić information content (AvgIpc) is 3.61. The van der Waals surface area contributed by atoms with Gasteiger partial charge < -0.3 is 21.3 Å². The Kier molecular flexibility index (Phi) is 6.88. The summed E-state index contributed by atoms with van der Waals surface area (Å²) < 4.78 is 0. The van der Waals surface area contributed by atoms with Gasteiger partial charge in [-0.15, -0.1) is 0 Å². The van der Waals surface area contributed by atoms with Crippen LogP contribution in [0.1, 0.15) is 31.8 Å². The van der Waals surface area contributed by atoms with Gasteiger partial charge in [0.2, 0.25) is 0 Å². The van der Waals surface area contributed by atoms with Gasteiger partial charge in [0, 0.05) is 35.6 Å². The van der Waals surface area contributed by atoms with Gasteiger partial charge in [-0.1, -0.05) is 23.2 Å². The number of aliphatic imine (C=N–C) groups is 2. The Morgan fingerprint density at radius 2 is 1.06 bits per heavy atom. The second-order valence-corrected chi connectivity index (χ2v) is 9.00. The first-order valence-electron chi connectivity index (χ1n) is 11.4. The number of nitrogens with one attached hydrogen (secondary N) is 4. The molecule has 0 atom stereocenters. The fourth-order valence-electron chi connectivity index (χ4n) is 3.90. The van der Waals surface area contributed by atoms with Crippen molar-refractivity contribution in [2.75, 3.05) is 36.8 Å². The van der Waals surface area contributed by atoms with Crippen LogP contribution in [0.4, 0.5) is 11.4 Å². The molecule has 3 aromatic rings. The van der Waals surface area contributed by atoms with Crippen LogP contribution in [-0.2, 0) is 0 Å². The van der Waals surface area contributed by atoms with Gasteiger partial charge in [0.05, 0.1) is 34.3 Å². The summed E-state index contributed by atoms with van der Waals surface area (Å²) in [5.41, 5.74) is 3.41. The second-order valence-electron chi connectivity index (χ2n) is 8.19. The second kappa shape index (κ2) is 10.4. The van der Waals surface area contributed by atoms with Crippen molar-refractivity contribution in [3.63, 3.8) is 0 Å². The van der Waals surface area contributed by atoms with Gasteiger partial charge in [-0.3, -0.25) is 19.6 Å². The molecular formula is C26H22Cl2N6O2. The number of benzene rings is 3. The fourth-order valence-corrected chi connectivity index (χ4v) is 4.40.